The summed E-state index contributed by atoms with van der Waals surface area (Å²) in [5, 5.41) is 0. The Bertz CT molecular complexity index is 1540. The van der Waals surface area contributed by atoms with Crippen molar-refractivity contribution in [2.45, 2.75) is 213 Å². The Morgan fingerprint density at radius 2 is 0.647 bits per heavy atom. The summed E-state index contributed by atoms with van der Waals surface area (Å²) in [4.78, 5) is 38.1. The Kier molecular flexibility index (Phi) is 51.1. The average molecular weight is 937 g/mol. The van der Waals surface area contributed by atoms with Crippen molar-refractivity contribution in [1.29, 1.82) is 0 Å². The van der Waals surface area contributed by atoms with Gasteiger partial charge in [0.2, 0.25) is 0 Å². The molecule has 0 aliphatic rings. The SMILES string of the molecule is CC/C=C/C=C/C=C/C=C/CCCCCC(=O)OCC(COC(=O)CCCCCCCCCCC/C=C/C/C=C/C/C=C/CC)OC(=O)CCCCCCC/C=C/C=C/C=C/C=C/C=C/CCC. The number of hydrogen-bond acceptors (Lipinski definition) is 6. The second-order valence-corrected chi connectivity index (χ2v) is 17.2. The van der Waals surface area contributed by atoms with Crippen molar-refractivity contribution in [2.24, 2.45) is 0 Å². The fourth-order valence-corrected chi connectivity index (χ4v) is 6.79. The van der Waals surface area contributed by atoms with Gasteiger partial charge in [-0.3, -0.25) is 14.4 Å². The Hall–Kier alpha value is -4.71. The van der Waals surface area contributed by atoms with Crippen molar-refractivity contribution in [1.82, 2.24) is 0 Å². The van der Waals surface area contributed by atoms with E-state index in [4.69, 9.17) is 14.2 Å². The molecular formula is C62H96O6. The van der Waals surface area contributed by atoms with Crippen LogP contribution >= 0.6 is 0 Å². The van der Waals surface area contributed by atoms with E-state index in [9.17, 15) is 14.4 Å². The van der Waals surface area contributed by atoms with Crippen LogP contribution in [0.5, 0.6) is 0 Å². The lowest BCUT2D eigenvalue weighted by Gasteiger charge is -2.18. The quantitative estimate of drug-likeness (QED) is 0.0199. The molecule has 6 nitrogen and oxygen atoms in total. The van der Waals surface area contributed by atoms with E-state index >= 15 is 0 Å². The van der Waals surface area contributed by atoms with Gasteiger partial charge in [-0.25, -0.2) is 0 Å². The first-order valence-electron chi connectivity index (χ1n) is 27.0. The molecule has 0 aromatic carbocycles. The largest absolute Gasteiger partial charge is 0.462 e. The molecule has 0 aromatic heterocycles. The zero-order chi connectivity index (χ0) is 49.3. The monoisotopic (exact) mass is 937 g/mol. The maximum atomic E-state index is 12.8. The van der Waals surface area contributed by atoms with Crippen LogP contribution in [0, 0.1) is 0 Å². The molecule has 0 saturated carbocycles. The third-order valence-electron chi connectivity index (χ3n) is 10.8. The van der Waals surface area contributed by atoms with Crippen LogP contribution in [0.15, 0.2) is 146 Å². The van der Waals surface area contributed by atoms with Crippen LogP contribution in [0.4, 0.5) is 0 Å². The first kappa shape index (κ1) is 63.3. The van der Waals surface area contributed by atoms with E-state index in [0.717, 1.165) is 122 Å². The van der Waals surface area contributed by atoms with Crippen molar-refractivity contribution >= 4 is 17.9 Å². The molecule has 0 N–H and O–H groups in total. The summed E-state index contributed by atoms with van der Waals surface area (Å²) in [7, 11) is 0. The van der Waals surface area contributed by atoms with Crippen LogP contribution in [0.3, 0.4) is 0 Å². The summed E-state index contributed by atoms with van der Waals surface area (Å²) in [6.07, 6.45) is 78.3. The molecule has 6 heteroatoms. The van der Waals surface area contributed by atoms with Gasteiger partial charge < -0.3 is 14.2 Å². The molecule has 0 aliphatic heterocycles. The molecule has 68 heavy (non-hydrogen) atoms. The first-order chi connectivity index (χ1) is 33.5. The summed E-state index contributed by atoms with van der Waals surface area (Å²) in [6, 6.07) is 0. The van der Waals surface area contributed by atoms with E-state index in [-0.39, 0.29) is 37.5 Å². The van der Waals surface area contributed by atoms with Crippen molar-refractivity contribution in [3.8, 4) is 0 Å². The maximum absolute atomic E-state index is 12.8. The van der Waals surface area contributed by atoms with Crippen molar-refractivity contribution < 1.29 is 28.6 Å². The summed E-state index contributed by atoms with van der Waals surface area (Å²) >= 11 is 0. The molecule has 0 heterocycles. The van der Waals surface area contributed by atoms with Gasteiger partial charge in [0.1, 0.15) is 13.2 Å². The van der Waals surface area contributed by atoms with Gasteiger partial charge in [0.25, 0.3) is 0 Å². The molecule has 0 fully saturated rings. The van der Waals surface area contributed by atoms with Crippen molar-refractivity contribution in [2.75, 3.05) is 13.2 Å². The first-order valence-corrected chi connectivity index (χ1v) is 27.0. The van der Waals surface area contributed by atoms with E-state index in [2.05, 4.69) is 93.7 Å². The predicted molar refractivity (Wildman–Crippen MR) is 292 cm³/mol. The number of carbonyl (C=O) groups excluding carboxylic acids is 3. The fourth-order valence-electron chi connectivity index (χ4n) is 6.79. The normalized spacial score (nSPS) is 13.3. The molecule has 0 radical (unpaired) electrons. The number of rotatable bonds is 46. The standard InChI is InChI=1S/C62H96O6/c1-4-7-10-13-16-19-22-25-27-29-31-33-34-37-40-43-46-49-52-55-61(64)67-58-59(57-66-60(63)54-51-48-45-42-39-36-24-21-18-15-12-9-6-3)68-62(65)56-53-50-47-44-41-38-35-32-30-28-26-23-20-17-14-11-8-5-2/h7,9-12,14-21,23-28,30,32,35-36,39,59H,4-6,8,13,22,29,31,33-34,37-38,40-58H2,1-3H3/b10-7+,12-9+,14-11+,18-15+,19-16+,20-17+,24-21+,26-23+,27-25+,30-28+,35-32+,39-36+. The molecule has 0 rings (SSSR count). The Labute approximate surface area is 417 Å². The number of carbonyl (C=O) groups is 3. The minimum atomic E-state index is -0.817. The maximum Gasteiger partial charge on any atom is 0.306 e. The summed E-state index contributed by atoms with van der Waals surface area (Å²) in [5.41, 5.74) is 0. The summed E-state index contributed by atoms with van der Waals surface area (Å²) in [6.45, 7) is 6.22. The van der Waals surface area contributed by atoms with Crippen LogP contribution in [0.1, 0.15) is 207 Å². The van der Waals surface area contributed by atoms with Gasteiger partial charge in [-0.15, -0.1) is 0 Å². The van der Waals surface area contributed by atoms with Crippen LogP contribution in [0.2, 0.25) is 0 Å². The zero-order valence-electron chi connectivity index (χ0n) is 43.3. The zero-order valence-corrected chi connectivity index (χ0v) is 43.3. The van der Waals surface area contributed by atoms with Crippen LogP contribution in [-0.4, -0.2) is 37.2 Å². The van der Waals surface area contributed by atoms with E-state index in [1.165, 1.54) is 44.9 Å². The van der Waals surface area contributed by atoms with Gasteiger partial charge in [0.15, 0.2) is 6.10 Å². The van der Waals surface area contributed by atoms with Crippen LogP contribution in [-0.2, 0) is 28.6 Å². The van der Waals surface area contributed by atoms with Crippen LogP contribution in [0.25, 0.3) is 0 Å². The molecule has 0 aliphatic carbocycles. The van der Waals surface area contributed by atoms with E-state index < -0.39 is 6.10 Å². The molecule has 0 saturated heterocycles. The summed E-state index contributed by atoms with van der Waals surface area (Å²) < 4.78 is 16.8. The lowest BCUT2D eigenvalue weighted by Crippen LogP contribution is -2.30. The second-order valence-electron chi connectivity index (χ2n) is 17.2. The molecule has 380 valence electrons. The average Bonchev–Trinajstić information content (AvgIpc) is 3.34. The van der Waals surface area contributed by atoms with Crippen molar-refractivity contribution in [3.63, 3.8) is 0 Å². The number of esters is 3. The minimum absolute atomic E-state index is 0.111. The lowest BCUT2D eigenvalue weighted by molar-refractivity contribution is -0.167. The Morgan fingerprint density at radius 3 is 1.09 bits per heavy atom. The number of unbranched alkanes of at least 4 members (excludes halogenated alkanes) is 18. The van der Waals surface area contributed by atoms with Gasteiger partial charge in [0, 0.05) is 19.3 Å². The van der Waals surface area contributed by atoms with Crippen LogP contribution < -0.4 is 0 Å². The highest BCUT2D eigenvalue weighted by atomic mass is 16.6. The number of hydrogen-bond donors (Lipinski definition) is 0. The minimum Gasteiger partial charge on any atom is -0.462 e. The van der Waals surface area contributed by atoms with Gasteiger partial charge in [-0.2, -0.15) is 0 Å². The fraction of sp³-hybridized carbons (Fsp3) is 0.565. The Balaban J connectivity index is 4.51. The van der Waals surface area contributed by atoms with E-state index in [1.54, 1.807) is 0 Å². The topological polar surface area (TPSA) is 78.9 Å². The van der Waals surface area contributed by atoms with E-state index in [0.29, 0.717) is 12.8 Å². The van der Waals surface area contributed by atoms with Gasteiger partial charge >= 0.3 is 17.9 Å². The third kappa shape index (κ3) is 52.3. The number of allylic oxidation sites excluding steroid dienone is 24. The smallest absolute Gasteiger partial charge is 0.306 e. The lowest BCUT2D eigenvalue weighted by atomic mass is 10.1. The Morgan fingerprint density at radius 1 is 0.324 bits per heavy atom. The predicted octanol–water partition coefficient (Wildman–Crippen LogP) is 18.0. The molecule has 0 bridgehead atoms. The van der Waals surface area contributed by atoms with Gasteiger partial charge in [-0.05, 0) is 89.9 Å². The highest BCUT2D eigenvalue weighted by molar-refractivity contribution is 5.71. The third-order valence-corrected chi connectivity index (χ3v) is 10.8. The second kappa shape index (κ2) is 54.9. The van der Waals surface area contributed by atoms with Gasteiger partial charge in [0.05, 0.1) is 0 Å². The molecule has 1 unspecified atom stereocenters. The highest BCUT2D eigenvalue weighted by Gasteiger charge is 2.19. The molecule has 0 amide bonds. The number of ether oxygens (including phenoxy) is 3. The summed E-state index contributed by atoms with van der Waals surface area (Å²) in [5.74, 6) is -0.991. The molecular weight excluding hydrogens is 841 g/mol. The molecule has 0 spiro atoms. The molecule has 1 atom stereocenters. The van der Waals surface area contributed by atoms with E-state index in [1.807, 2.05) is 72.9 Å². The highest BCUT2D eigenvalue weighted by Crippen LogP contribution is 2.14. The van der Waals surface area contributed by atoms with Crippen molar-refractivity contribution in [3.05, 3.63) is 146 Å². The molecule has 0 aromatic rings. The van der Waals surface area contributed by atoms with Gasteiger partial charge in [-0.1, -0.05) is 244 Å².